The molecule has 0 saturated carbocycles. The molecule has 1 heteroatoms. The lowest BCUT2D eigenvalue weighted by Gasteiger charge is -2.36. The van der Waals surface area contributed by atoms with Crippen LogP contribution in [0.3, 0.4) is 0 Å². The summed E-state index contributed by atoms with van der Waals surface area (Å²) in [6.07, 6.45) is 0. The minimum absolute atomic E-state index is 0.00496. The van der Waals surface area contributed by atoms with Crippen molar-refractivity contribution in [3.63, 3.8) is 0 Å². The third-order valence-corrected chi connectivity index (χ3v) is 6.38. The van der Waals surface area contributed by atoms with Gasteiger partial charge in [-0.1, -0.05) is 80.6 Å². The monoisotopic (exact) mass is 372 g/mol. The van der Waals surface area contributed by atoms with E-state index in [1.165, 1.54) is 48.3 Å². The predicted octanol–water partition coefficient (Wildman–Crippen LogP) is 7.06. The molecule has 0 heterocycles. The summed E-state index contributed by atoms with van der Waals surface area (Å²) in [6, 6.07) is 24.3. The van der Waals surface area contributed by atoms with Crippen LogP contribution in [0.5, 0.6) is 0 Å². The lowest BCUT2D eigenvalue weighted by Crippen LogP contribution is -2.23. The van der Waals surface area contributed by atoms with Crippen molar-refractivity contribution in [1.82, 2.24) is 0 Å². The fourth-order valence-electron chi connectivity index (χ4n) is 4.37. The average Bonchev–Trinajstić information content (AvgIpc) is 2.61. The molecule has 0 bridgehead atoms. The highest BCUT2D eigenvalue weighted by atomic mass is 79.9. The van der Waals surface area contributed by atoms with E-state index in [-0.39, 0.29) is 5.41 Å². The topological polar surface area (TPSA) is 0 Å². The Bertz CT molecular complexity index is 1140. The first kappa shape index (κ1) is 14.2. The van der Waals surface area contributed by atoms with Crippen molar-refractivity contribution >= 4 is 37.5 Å². The van der Waals surface area contributed by atoms with Gasteiger partial charge in [0.2, 0.25) is 0 Å². The number of fused-ring (bicyclic) bond motifs is 4. The van der Waals surface area contributed by atoms with Crippen LogP contribution in [0, 0.1) is 0 Å². The number of hydrogen-bond donors (Lipinski definition) is 0. The summed E-state index contributed by atoms with van der Waals surface area (Å²) in [4.78, 5) is 0. The molecule has 0 fully saturated rings. The maximum absolute atomic E-state index is 3.88. The molecule has 0 radical (unpaired) electrons. The number of rotatable bonds is 0. The summed E-state index contributed by atoms with van der Waals surface area (Å²) >= 11 is 3.88. The Morgan fingerprint density at radius 2 is 1.29 bits per heavy atom. The molecule has 0 N–H and O–H groups in total. The summed E-state index contributed by atoms with van der Waals surface area (Å²) in [5.74, 6) is 0. The first-order chi connectivity index (χ1) is 11.6. The van der Waals surface area contributed by atoms with Crippen molar-refractivity contribution < 1.29 is 0 Å². The molecule has 4 aromatic rings. The molecule has 0 atom stereocenters. The molecule has 0 aromatic heterocycles. The van der Waals surface area contributed by atoms with E-state index < -0.39 is 0 Å². The van der Waals surface area contributed by atoms with Crippen LogP contribution in [0.1, 0.15) is 25.0 Å². The summed E-state index contributed by atoms with van der Waals surface area (Å²) in [6.45, 7) is 4.68. The smallest absolute Gasteiger partial charge is 0.0332 e. The van der Waals surface area contributed by atoms with Crippen molar-refractivity contribution in [2.24, 2.45) is 0 Å². The minimum atomic E-state index is 0.00496. The molecule has 1 aliphatic carbocycles. The van der Waals surface area contributed by atoms with Crippen LogP contribution in [0.15, 0.2) is 71.2 Å². The van der Waals surface area contributed by atoms with Crippen LogP contribution in [0.2, 0.25) is 0 Å². The maximum atomic E-state index is 3.88. The average molecular weight is 373 g/mol. The van der Waals surface area contributed by atoms with Crippen LogP contribution < -0.4 is 0 Å². The number of benzene rings is 4. The van der Waals surface area contributed by atoms with Gasteiger partial charge in [0.05, 0.1) is 0 Å². The fourth-order valence-corrected chi connectivity index (χ4v) is 5.04. The first-order valence-corrected chi connectivity index (χ1v) is 9.13. The Balaban J connectivity index is 2.17. The summed E-state index contributed by atoms with van der Waals surface area (Å²) in [5, 5.41) is 5.31. The van der Waals surface area contributed by atoms with E-state index >= 15 is 0 Å². The molecule has 24 heavy (non-hydrogen) atoms. The van der Waals surface area contributed by atoms with Crippen molar-refractivity contribution in [1.29, 1.82) is 0 Å². The molecule has 0 saturated heterocycles. The summed E-state index contributed by atoms with van der Waals surface area (Å²) in [5.41, 5.74) is 5.59. The molecule has 1 aliphatic rings. The zero-order chi connectivity index (χ0) is 16.5. The van der Waals surface area contributed by atoms with Crippen molar-refractivity contribution in [2.45, 2.75) is 19.3 Å². The van der Waals surface area contributed by atoms with Gasteiger partial charge in [0, 0.05) is 9.89 Å². The van der Waals surface area contributed by atoms with Gasteiger partial charge in [-0.25, -0.2) is 0 Å². The van der Waals surface area contributed by atoms with E-state index in [4.69, 9.17) is 0 Å². The van der Waals surface area contributed by atoms with Gasteiger partial charge in [-0.15, -0.1) is 0 Å². The Labute approximate surface area is 150 Å². The summed E-state index contributed by atoms with van der Waals surface area (Å²) < 4.78 is 1.20. The van der Waals surface area contributed by atoms with E-state index in [2.05, 4.69) is 96.5 Å². The number of halogens is 1. The highest BCUT2D eigenvalue weighted by Gasteiger charge is 2.34. The van der Waals surface area contributed by atoms with Crippen LogP contribution in [0.4, 0.5) is 0 Å². The van der Waals surface area contributed by atoms with Gasteiger partial charge in [-0.2, -0.15) is 0 Å². The molecule has 4 aromatic carbocycles. The van der Waals surface area contributed by atoms with Crippen molar-refractivity contribution in [3.05, 3.63) is 82.3 Å². The van der Waals surface area contributed by atoms with Crippen molar-refractivity contribution in [2.75, 3.05) is 0 Å². The molecule has 5 rings (SSSR count). The first-order valence-electron chi connectivity index (χ1n) is 8.34. The van der Waals surface area contributed by atoms with E-state index in [0.29, 0.717) is 0 Å². The Kier molecular flexibility index (Phi) is 2.79. The highest BCUT2D eigenvalue weighted by Crippen LogP contribution is 2.52. The van der Waals surface area contributed by atoms with Crippen LogP contribution in [0.25, 0.3) is 32.7 Å². The van der Waals surface area contributed by atoms with Gasteiger partial charge < -0.3 is 0 Å². The lowest BCUT2D eigenvalue weighted by molar-refractivity contribution is 0.645. The Hall–Kier alpha value is -2.12. The SMILES string of the molecule is CC1(C)c2ccccc2-c2c3ccccc3c(Br)c3cccc1c23. The van der Waals surface area contributed by atoms with Gasteiger partial charge in [-0.05, 0) is 59.7 Å². The second kappa shape index (κ2) is 4.70. The normalized spacial score (nSPS) is 14.8. The summed E-state index contributed by atoms with van der Waals surface area (Å²) in [7, 11) is 0. The van der Waals surface area contributed by atoms with Crippen LogP contribution in [-0.4, -0.2) is 0 Å². The lowest BCUT2D eigenvalue weighted by atomic mass is 9.68. The number of hydrogen-bond acceptors (Lipinski definition) is 0. The third-order valence-electron chi connectivity index (χ3n) is 5.53. The Morgan fingerprint density at radius 1 is 0.667 bits per heavy atom. The van der Waals surface area contributed by atoms with Gasteiger partial charge in [0.1, 0.15) is 0 Å². The zero-order valence-corrected chi connectivity index (χ0v) is 15.3. The maximum Gasteiger partial charge on any atom is 0.0332 e. The molecular weight excluding hydrogens is 356 g/mol. The second-order valence-corrected chi connectivity index (χ2v) is 7.93. The molecule has 0 amide bonds. The van der Waals surface area contributed by atoms with Crippen LogP contribution in [-0.2, 0) is 5.41 Å². The van der Waals surface area contributed by atoms with E-state index in [0.717, 1.165) is 0 Å². The van der Waals surface area contributed by atoms with E-state index in [1.807, 2.05) is 0 Å². The standard InChI is InChI=1S/C23H17Br/c1-23(2)18-12-6-5-10-16(18)20-14-8-3-4-9-15(14)22(24)17-11-7-13-19(23)21(17)20/h3-13H,1-2H3. The Morgan fingerprint density at radius 3 is 2.12 bits per heavy atom. The van der Waals surface area contributed by atoms with E-state index in [1.54, 1.807) is 0 Å². The second-order valence-electron chi connectivity index (χ2n) is 7.13. The van der Waals surface area contributed by atoms with Gasteiger partial charge >= 0.3 is 0 Å². The predicted molar refractivity (Wildman–Crippen MR) is 107 cm³/mol. The van der Waals surface area contributed by atoms with Gasteiger partial charge in [0.25, 0.3) is 0 Å². The third kappa shape index (κ3) is 1.63. The molecule has 0 unspecified atom stereocenters. The molecule has 0 nitrogen and oxygen atoms in total. The molecule has 0 spiro atoms. The fraction of sp³-hybridized carbons (Fsp3) is 0.130. The van der Waals surface area contributed by atoms with Gasteiger partial charge in [0.15, 0.2) is 0 Å². The van der Waals surface area contributed by atoms with Crippen molar-refractivity contribution in [3.8, 4) is 11.1 Å². The molecular formula is C23H17Br. The van der Waals surface area contributed by atoms with E-state index in [9.17, 15) is 0 Å². The minimum Gasteiger partial charge on any atom is -0.0619 e. The molecule has 0 aliphatic heterocycles. The zero-order valence-electron chi connectivity index (χ0n) is 13.7. The quantitative estimate of drug-likeness (QED) is 0.289. The highest BCUT2D eigenvalue weighted by molar-refractivity contribution is 9.10. The van der Waals surface area contributed by atoms with Gasteiger partial charge in [-0.3, -0.25) is 0 Å². The largest absolute Gasteiger partial charge is 0.0619 e. The van der Waals surface area contributed by atoms with Crippen LogP contribution >= 0.6 is 15.9 Å². The molecule has 116 valence electrons.